The average molecular weight is 281 g/mol. The zero-order chi connectivity index (χ0) is 14.0. The van der Waals surface area contributed by atoms with E-state index in [9.17, 15) is 4.79 Å². The molecule has 3 fully saturated rings. The Morgan fingerprint density at radius 1 is 1.15 bits per heavy atom. The van der Waals surface area contributed by atoms with E-state index < -0.39 is 0 Å². The fraction of sp³-hybridized carbons (Fsp3) is 0.933. The van der Waals surface area contributed by atoms with Crippen molar-refractivity contribution in [2.45, 2.75) is 43.7 Å². The van der Waals surface area contributed by atoms with E-state index in [0.717, 1.165) is 58.5 Å². The van der Waals surface area contributed by atoms with Crippen LogP contribution in [0.2, 0.25) is 0 Å². The Morgan fingerprint density at radius 3 is 2.90 bits per heavy atom. The number of nitrogens with one attached hydrogen (secondary N) is 1. The smallest absolute Gasteiger partial charge is 0.327 e. The molecule has 0 bridgehead atoms. The zero-order valence-electron chi connectivity index (χ0n) is 12.6. The zero-order valence-corrected chi connectivity index (χ0v) is 12.6. The quantitative estimate of drug-likeness (QED) is 0.745. The lowest BCUT2D eigenvalue weighted by Gasteiger charge is -2.45. The minimum atomic E-state index is -0.388. The first-order chi connectivity index (χ1) is 9.79. The number of ether oxygens (including phenoxy) is 1. The lowest BCUT2D eigenvalue weighted by molar-refractivity contribution is -0.158. The van der Waals surface area contributed by atoms with Crippen molar-refractivity contribution in [2.75, 3.05) is 46.4 Å². The van der Waals surface area contributed by atoms with Gasteiger partial charge in [0.05, 0.1) is 7.11 Å². The molecule has 114 valence electrons. The van der Waals surface area contributed by atoms with Crippen molar-refractivity contribution in [1.29, 1.82) is 0 Å². The van der Waals surface area contributed by atoms with Crippen molar-refractivity contribution in [3.63, 3.8) is 0 Å². The SMILES string of the molecule is COC(=O)C1(N2CCCNCC2)CCN2CCCCC21. The van der Waals surface area contributed by atoms with Gasteiger partial charge in [0.25, 0.3) is 0 Å². The van der Waals surface area contributed by atoms with Crippen LogP contribution < -0.4 is 5.32 Å². The summed E-state index contributed by atoms with van der Waals surface area (Å²) in [6.45, 7) is 6.19. The summed E-state index contributed by atoms with van der Waals surface area (Å²) in [7, 11) is 1.55. The number of fused-ring (bicyclic) bond motifs is 1. The third kappa shape index (κ3) is 2.26. The van der Waals surface area contributed by atoms with Gasteiger partial charge in [-0.3, -0.25) is 9.80 Å². The molecule has 3 aliphatic rings. The molecule has 0 saturated carbocycles. The Hall–Kier alpha value is -0.650. The van der Waals surface area contributed by atoms with Gasteiger partial charge >= 0.3 is 5.97 Å². The van der Waals surface area contributed by atoms with E-state index in [1.807, 2.05) is 0 Å². The molecule has 0 amide bonds. The molecule has 0 aromatic heterocycles. The lowest BCUT2D eigenvalue weighted by atomic mass is 9.83. The summed E-state index contributed by atoms with van der Waals surface area (Å²) in [4.78, 5) is 17.6. The van der Waals surface area contributed by atoms with Gasteiger partial charge in [-0.25, -0.2) is 4.79 Å². The number of carbonyl (C=O) groups excluding carboxylic acids is 1. The van der Waals surface area contributed by atoms with Crippen molar-refractivity contribution >= 4 is 5.97 Å². The molecule has 1 N–H and O–H groups in total. The maximum absolute atomic E-state index is 12.7. The van der Waals surface area contributed by atoms with Crippen LogP contribution in [0.4, 0.5) is 0 Å². The first-order valence-electron chi connectivity index (χ1n) is 8.07. The predicted octanol–water partition coefficient (Wildman–Crippen LogP) is 0.452. The first-order valence-corrected chi connectivity index (χ1v) is 8.07. The Bertz CT molecular complexity index is 355. The Labute approximate surface area is 121 Å². The van der Waals surface area contributed by atoms with Crippen LogP contribution in [0, 0.1) is 0 Å². The minimum absolute atomic E-state index is 0.00574. The Kier molecular flexibility index (Phi) is 4.29. The molecule has 20 heavy (non-hydrogen) atoms. The normalized spacial score (nSPS) is 36.4. The lowest BCUT2D eigenvalue weighted by Crippen LogP contribution is -2.63. The third-order valence-electron chi connectivity index (χ3n) is 5.39. The average Bonchev–Trinajstić information content (AvgIpc) is 2.69. The predicted molar refractivity (Wildman–Crippen MR) is 77.6 cm³/mol. The second-order valence-electron chi connectivity index (χ2n) is 6.30. The van der Waals surface area contributed by atoms with Gasteiger partial charge in [0.15, 0.2) is 0 Å². The molecule has 0 aliphatic carbocycles. The minimum Gasteiger partial charge on any atom is -0.468 e. The highest BCUT2D eigenvalue weighted by Crippen LogP contribution is 2.40. The molecule has 0 aromatic rings. The van der Waals surface area contributed by atoms with Crippen LogP contribution in [0.15, 0.2) is 0 Å². The largest absolute Gasteiger partial charge is 0.468 e. The number of methoxy groups -OCH3 is 1. The van der Waals surface area contributed by atoms with Crippen LogP contribution in [-0.2, 0) is 9.53 Å². The van der Waals surface area contributed by atoms with Gasteiger partial charge in [-0.2, -0.15) is 0 Å². The molecule has 0 radical (unpaired) electrons. The van der Waals surface area contributed by atoms with Crippen molar-refractivity contribution in [3.8, 4) is 0 Å². The maximum atomic E-state index is 12.7. The number of hydrogen-bond acceptors (Lipinski definition) is 5. The van der Waals surface area contributed by atoms with Crippen LogP contribution in [0.3, 0.4) is 0 Å². The number of hydrogen-bond donors (Lipinski definition) is 1. The number of rotatable bonds is 2. The highest BCUT2D eigenvalue weighted by atomic mass is 16.5. The van der Waals surface area contributed by atoms with E-state index in [-0.39, 0.29) is 11.5 Å². The van der Waals surface area contributed by atoms with Crippen LogP contribution in [-0.4, -0.2) is 73.7 Å². The first kappa shape index (κ1) is 14.3. The van der Waals surface area contributed by atoms with Crippen molar-refractivity contribution in [2.24, 2.45) is 0 Å². The van der Waals surface area contributed by atoms with Gasteiger partial charge in [0, 0.05) is 32.2 Å². The van der Waals surface area contributed by atoms with Crippen LogP contribution in [0.25, 0.3) is 0 Å². The molecule has 5 nitrogen and oxygen atoms in total. The van der Waals surface area contributed by atoms with Gasteiger partial charge in [-0.15, -0.1) is 0 Å². The van der Waals surface area contributed by atoms with Gasteiger partial charge < -0.3 is 10.1 Å². The van der Waals surface area contributed by atoms with E-state index in [1.54, 1.807) is 7.11 Å². The number of piperidine rings is 1. The molecule has 3 rings (SSSR count). The molecular weight excluding hydrogens is 254 g/mol. The third-order valence-corrected chi connectivity index (χ3v) is 5.39. The fourth-order valence-electron chi connectivity index (χ4n) is 4.44. The van der Waals surface area contributed by atoms with Gasteiger partial charge in [-0.05, 0) is 38.8 Å². The van der Waals surface area contributed by atoms with E-state index in [4.69, 9.17) is 4.74 Å². The van der Waals surface area contributed by atoms with Gasteiger partial charge in [0.1, 0.15) is 5.54 Å². The molecule has 3 heterocycles. The fourth-order valence-corrected chi connectivity index (χ4v) is 4.44. The molecular formula is C15H27N3O2. The highest BCUT2D eigenvalue weighted by Gasteiger charge is 2.57. The van der Waals surface area contributed by atoms with Crippen LogP contribution in [0.1, 0.15) is 32.1 Å². The number of esters is 1. The monoisotopic (exact) mass is 281 g/mol. The van der Waals surface area contributed by atoms with Crippen LogP contribution >= 0.6 is 0 Å². The highest BCUT2D eigenvalue weighted by molar-refractivity contribution is 5.82. The van der Waals surface area contributed by atoms with Crippen LogP contribution in [0.5, 0.6) is 0 Å². The summed E-state index contributed by atoms with van der Waals surface area (Å²) in [5, 5.41) is 3.44. The maximum Gasteiger partial charge on any atom is 0.327 e. The van der Waals surface area contributed by atoms with Gasteiger partial charge in [0.2, 0.25) is 0 Å². The second-order valence-corrected chi connectivity index (χ2v) is 6.30. The summed E-state index contributed by atoms with van der Waals surface area (Å²) in [6.07, 6.45) is 5.70. The Balaban J connectivity index is 1.89. The summed E-state index contributed by atoms with van der Waals surface area (Å²) < 4.78 is 5.25. The summed E-state index contributed by atoms with van der Waals surface area (Å²) in [6, 6.07) is 0.363. The van der Waals surface area contributed by atoms with E-state index >= 15 is 0 Å². The molecule has 2 atom stereocenters. The summed E-state index contributed by atoms with van der Waals surface area (Å²) >= 11 is 0. The van der Waals surface area contributed by atoms with E-state index in [2.05, 4.69) is 15.1 Å². The second kappa shape index (κ2) is 6.00. The standard InChI is InChI=1S/C15H27N3O2/c1-20-14(19)15(18-10-4-7-16-8-12-18)6-11-17-9-3-2-5-13(15)17/h13,16H,2-12H2,1H3. The summed E-state index contributed by atoms with van der Waals surface area (Å²) in [5.41, 5.74) is -0.388. The molecule has 5 heteroatoms. The van der Waals surface area contributed by atoms with E-state index in [1.165, 1.54) is 12.8 Å². The molecule has 2 unspecified atom stereocenters. The molecule has 3 aliphatic heterocycles. The topological polar surface area (TPSA) is 44.8 Å². The van der Waals surface area contributed by atoms with Gasteiger partial charge in [-0.1, -0.05) is 6.42 Å². The van der Waals surface area contributed by atoms with E-state index in [0.29, 0.717) is 6.04 Å². The van der Waals surface area contributed by atoms with Crippen molar-refractivity contribution in [3.05, 3.63) is 0 Å². The molecule has 0 spiro atoms. The van der Waals surface area contributed by atoms with Crippen molar-refractivity contribution in [1.82, 2.24) is 15.1 Å². The summed E-state index contributed by atoms with van der Waals surface area (Å²) in [5.74, 6) is -0.00574. The molecule has 0 aromatic carbocycles. The van der Waals surface area contributed by atoms with Crippen molar-refractivity contribution < 1.29 is 9.53 Å². The Morgan fingerprint density at radius 2 is 2.05 bits per heavy atom. The number of nitrogens with zero attached hydrogens (tertiary/aromatic N) is 2. The number of carbonyl (C=O) groups is 1. The molecule has 3 saturated heterocycles.